The third kappa shape index (κ3) is 3.52. The summed E-state index contributed by atoms with van der Waals surface area (Å²) >= 11 is 0. The number of amides is 1. The van der Waals surface area contributed by atoms with Crippen LogP contribution in [0, 0.1) is 0 Å². The standard InChI is InChI=1S/C21H25N5O/c1-15(2)26-10-8-22-20(26)18-7-4-9-25(14-18)21(27)17-6-3-5-16(11-17)19-12-23-24-13-19/h3,5-6,8,10-13,15,18H,4,7,9,14H2,1-2H3,(H,23,24)/t18-/m0/s1. The van der Waals surface area contributed by atoms with Crippen LogP contribution in [0.15, 0.2) is 49.1 Å². The highest BCUT2D eigenvalue weighted by atomic mass is 16.2. The Balaban J connectivity index is 1.54. The fourth-order valence-corrected chi connectivity index (χ4v) is 3.87. The number of hydrogen-bond acceptors (Lipinski definition) is 3. The number of benzene rings is 1. The van der Waals surface area contributed by atoms with Crippen molar-refractivity contribution < 1.29 is 4.79 Å². The molecule has 140 valence electrons. The molecule has 3 aromatic rings. The second-order valence-corrected chi connectivity index (χ2v) is 7.44. The summed E-state index contributed by atoms with van der Waals surface area (Å²) in [5.41, 5.74) is 2.71. The number of carbonyl (C=O) groups excluding carboxylic acids is 1. The van der Waals surface area contributed by atoms with E-state index in [4.69, 9.17) is 0 Å². The van der Waals surface area contributed by atoms with Crippen molar-refractivity contribution in [1.82, 2.24) is 24.6 Å². The lowest BCUT2D eigenvalue weighted by molar-refractivity contribution is 0.0703. The molecule has 3 heterocycles. The Morgan fingerprint density at radius 2 is 2.19 bits per heavy atom. The van der Waals surface area contributed by atoms with Crippen LogP contribution in [0.3, 0.4) is 0 Å². The molecule has 6 nitrogen and oxygen atoms in total. The average Bonchev–Trinajstić information content (AvgIpc) is 3.39. The maximum atomic E-state index is 13.1. The maximum Gasteiger partial charge on any atom is 0.253 e. The lowest BCUT2D eigenvalue weighted by atomic mass is 9.96. The third-order valence-corrected chi connectivity index (χ3v) is 5.27. The molecule has 1 atom stereocenters. The van der Waals surface area contributed by atoms with Gasteiger partial charge in [-0.1, -0.05) is 12.1 Å². The van der Waals surface area contributed by atoms with Gasteiger partial charge in [-0.25, -0.2) is 4.98 Å². The lowest BCUT2D eigenvalue weighted by Gasteiger charge is -2.33. The minimum Gasteiger partial charge on any atom is -0.338 e. The number of rotatable bonds is 4. The van der Waals surface area contributed by atoms with Crippen LogP contribution >= 0.6 is 0 Å². The number of piperidine rings is 1. The van der Waals surface area contributed by atoms with Crippen molar-refractivity contribution in [2.24, 2.45) is 0 Å². The molecular weight excluding hydrogens is 338 g/mol. The highest BCUT2D eigenvalue weighted by Gasteiger charge is 2.28. The van der Waals surface area contributed by atoms with Gasteiger partial charge in [0.25, 0.3) is 5.91 Å². The van der Waals surface area contributed by atoms with Crippen molar-refractivity contribution in [3.05, 3.63) is 60.4 Å². The minimum atomic E-state index is 0.0905. The Morgan fingerprint density at radius 3 is 2.96 bits per heavy atom. The first-order chi connectivity index (χ1) is 13.1. The second-order valence-electron chi connectivity index (χ2n) is 7.44. The fourth-order valence-electron chi connectivity index (χ4n) is 3.87. The molecule has 0 radical (unpaired) electrons. The van der Waals surface area contributed by atoms with E-state index in [1.54, 1.807) is 6.20 Å². The van der Waals surface area contributed by atoms with Gasteiger partial charge in [-0.15, -0.1) is 0 Å². The molecule has 6 heteroatoms. The van der Waals surface area contributed by atoms with E-state index in [1.165, 1.54) is 0 Å². The van der Waals surface area contributed by atoms with Gasteiger partial charge in [0, 0.05) is 54.8 Å². The highest BCUT2D eigenvalue weighted by molar-refractivity contribution is 5.95. The number of aromatic nitrogens is 4. The van der Waals surface area contributed by atoms with Crippen molar-refractivity contribution in [2.45, 2.75) is 38.6 Å². The van der Waals surface area contributed by atoms with Gasteiger partial charge < -0.3 is 9.47 Å². The summed E-state index contributed by atoms with van der Waals surface area (Å²) in [4.78, 5) is 19.7. The van der Waals surface area contributed by atoms with Crippen molar-refractivity contribution in [3.63, 3.8) is 0 Å². The molecule has 1 aliphatic rings. The second kappa shape index (κ2) is 7.39. The Hall–Kier alpha value is -2.89. The summed E-state index contributed by atoms with van der Waals surface area (Å²) in [5.74, 6) is 1.47. The van der Waals surface area contributed by atoms with E-state index < -0.39 is 0 Å². The molecule has 0 unspecified atom stereocenters. The Morgan fingerprint density at radius 1 is 1.30 bits per heavy atom. The maximum absolute atomic E-state index is 13.1. The molecule has 0 spiro atoms. The Bertz CT molecular complexity index is 912. The zero-order valence-electron chi connectivity index (χ0n) is 15.8. The molecule has 1 aliphatic heterocycles. The quantitative estimate of drug-likeness (QED) is 0.765. The number of nitrogens with one attached hydrogen (secondary N) is 1. The van der Waals surface area contributed by atoms with Gasteiger partial charge in [0.1, 0.15) is 5.82 Å². The lowest BCUT2D eigenvalue weighted by Crippen LogP contribution is -2.39. The van der Waals surface area contributed by atoms with Crippen LogP contribution in [-0.2, 0) is 0 Å². The van der Waals surface area contributed by atoms with E-state index in [0.29, 0.717) is 6.04 Å². The zero-order chi connectivity index (χ0) is 18.8. The predicted octanol–water partition coefficient (Wildman–Crippen LogP) is 3.87. The van der Waals surface area contributed by atoms with E-state index in [2.05, 4.69) is 33.6 Å². The molecule has 0 aliphatic carbocycles. The minimum absolute atomic E-state index is 0.0905. The summed E-state index contributed by atoms with van der Waals surface area (Å²) in [5, 5.41) is 6.82. The number of nitrogens with zero attached hydrogens (tertiary/aromatic N) is 4. The highest BCUT2D eigenvalue weighted by Crippen LogP contribution is 2.29. The summed E-state index contributed by atoms with van der Waals surface area (Å²) < 4.78 is 2.22. The van der Waals surface area contributed by atoms with Gasteiger partial charge in [0.05, 0.1) is 6.20 Å². The van der Waals surface area contributed by atoms with E-state index >= 15 is 0 Å². The van der Waals surface area contributed by atoms with Gasteiger partial charge in [0.15, 0.2) is 0 Å². The number of carbonyl (C=O) groups is 1. The number of aromatic amines is 1. The van der Waals surface area contributed by atoms with Crippen LogP contribution in [0.5, 0.6) is 0 Å². The molecular formula is C21H25N5O. The van der Waals surface area contributed by atoms with Crippen LogP contribution in [0.2, 0.25) is 0 Å². The molecule has 1 saturated heterocycles. The van der Waals surface area contributed by atoms with E-state index in [9.17, 15) is 4.79 Å². The first-order valence-corrected chi connectivity index (χ1v) is 9.54. The van der Waals surface area contributed by atoms with Crippen molar-refractivity contribution >= 4 is 5.91 Å². The summed E-state index contributed by atoms with van der Waals surface area (Å²) in [6.45, 7) is 5.85. The molecule has 1 N–H and O–H groups in total. The van der Waals surface area contributed by atoms with Gasteiger partial charge in [-0.05, 0) is 44.4 Å². The Kier molecular flexibility index (Phi) is 4.79. The predicted molar refractivity (Wildman–Crippen MR) is 105 cm³/mol. The first kappa shape index (κ1) is 17.5. The first-order valence-electron chi connectivity index (χ1n) is 9.54. The number of hydrogen-bond donors (Lipinski definition) is 1. The van der Waals surface area contributed by atoms with Crippen LogP contribution in [0.25, 0.3) is 11.1 Å². The summed E-state index contributed by atoms with van der Waals surface area (Å²) in [7, 11) is 0. The summed E-state index contributed by atoms with van der Waals surface area (Å²) in [6.07, 6.45) is 9.59. The van der Waals surface area contributed by atoms with E-state index in [1.807, 2.05) is 47.8 Å². The number of H-pyrrole nitrogens is 1. The number of likely N-dealkylation sites (tertiary alicyclic amines) is 1. The van der Waals surface area contributed by atoms with Crippen molar-refractivity contribution in [2.75, 3.05) is 13.1 Å². The molecule has 1 aromatic carbocycles. The smallest absolute Gasteiger partial charge is 0.253 e. The fraction of sp³-hybridized carbons (Fsp3) is 0.381. The van der Waals surface area contributed by atoms with Gasteiger partial charge in [-0.3, -0.25) is 9.89 Å². The summed E-state index contributed by atoms with van der Waals surface area (Å²) in [6, 6.07) is 8.15. The van der Waals surface area contributed by atoms with Gasteiger partial charge >= 0.3 is 0 Å². The van der Waals surface area contributed by atoms with Gasteiger partial charge in [0.2, 0.25) is 0 Å². The molecule has 0 bridgehead atoms. The molecule has 1 fully saturated rings. The molecule has 27 heavy (non-hydrogen) atoms. The Labute approximate surface area is 159 Å². The van der Waals surface area contributed by atoms with E-state index in [-0.39, 0.29) is 11.8 Å². The van der Waals surface area contributed by atoms with E-state index in [0.717, 1.165) is 48.4 Å². The van der Waals surface area contributed by atoms with Crippen molar-refractivity contribution in [3.8, 4) is 11.1 Å². The molecule has 2 aromatic heterocycles. The topological polar surface area (TPSA) is 66.8 Å². The van der Waals surface area contributed by atoms with Gasteiger partial charge in [-0.2, -0.15) is 5.10 Å². The molecule has 1 amide bonds. The monoisotopic (exact) mass is 363 g/mol. The van der Waals surface area contributed by atoms with Crippen LogP contribution in [-0.4, -0.2) is 43.6 Å². The van der Waals surface area contributed by atoms with Crippen LogP contribution < -0.4 is 0 Å². The van der Waals surface area contributed by atoms with Crippen molar-refractivity contribution in [1.29, 1.82) is 0 Å². The van der Waals surface area contributed by atoms with Crippen LogP contribution in [0.1, 0.15) is 54.8 Å². The normalized spacial score (nSPS) is 17.4. The SMILES string of the molecule is CC(C)n1ccnc1[C@H]1CCCN(C(=O)c2cccc(-c3cn[nH]c3)c2)C1. The zero-order valence-corrected chi connectivity index (χ0v) is 15.8. The number of imidazole rings is 1. The van der Waals surface area contributed by atoms with Crippen LogP contribution in [0.4, 0.5) is 0 Å². The molecule has 4 rings (SSSR count). The average molecular weight is 363 g/mol. The third-order valence-electron chi connectivity index (χ3n) is 5.27. The molecule has 0 saturated carbocycles. The largest absolute Gasteiger partial charge is 0.338 e.